The summed E-state index contributed by atoms with van der Waals surface area (Å²) < 4.78 is 0. The van der Waals surface area contributed by atoms with E-state index < -0.39 is 0 Å². The van der Waals surface area contributed by atoms with Gasteiger partial charge in [0.1, 0.15) is 5.15 Å². The zero-order valence-electron chi connectivity index (χ0n) is 9.47. The molecule has 1 N–H and O–H groups in total. The second-order valence-corrected chi connectivity index (χ2v) is 6.06. The van der Waals surface area contributed by atoms with E-state index in [1.807, 2.05) is 24.3 Å². The molecule has 0 amide bonds. The molecule has 0 fully saturated rings. The van der Waals surface area contributed by atoms with Gasteiger partial charge in [-0.05, 0) is 6.92 Å². The fraction of sp³-hybridized carbons (Fsp3) is 0.400. The second-order valence-electron chi connectivity index (χ2n) is 3.58. The Bertz CT molecular complexity index is 511. The highest BCUT2D eigenvalue weighted by molar-refractivity contribution is 7.16. The minimum atomic E-state index is -0.0693. The Morgan fingerprint density at radius 2 is 2.24 bits per heavy atom. The van der Waals surface area contributed by atoms with E-state index in [4.69, 9.17) is 16.7 Å². The maximum Gasteiger partial charge on any atom is 0.187 e. The van der Waals surface area contributed by atoms with Crippen molar-refractivity contribution < 1.29 is 5.11 Å². The smallest absolute Gasteiger partial charge is 0.187 e. The molecule has 0 aliphatic carbocycles. The number of halogens is 1. The number of aryl methyl sites for hydroxylation is 1. The summed E-state index contributed by atoms with van der Waals surface area (Å²) in [6.07, 6.45) is 0. The van der Waals surface area contributed by atoms with E-state index in [0.29, 0.717) is 16.6 Å². The van der Waals surface area contributed by atoms with Gasteiger partial charge in [0.05, 0.1) is 28.7 Å². The first-order chi connectivity index (χ1) is 8.10. The number of hydrogen-bond donors (Lipinski definition) is 1. The maximum atomic E-state index is 9.06. The van der Waals surface area contributed by atoms with Gasteiger partial charge in [0.15, 0.2) is 5.13 Å². The SMILES string of the molecule is Cc1nc(CN(C)c2nc(Cl)c(CO)s2)cs1. The van der Waals surface area contributed by atoms with Crippen LogP contribution in [0.3, 0.4) is 0 Å². The first-order valence-electron chi connectivity index (χ1n) is 4.98. The Balaban J connectivity index is 2.11. The molecule has 0 saturated carbocycles. The number of aromatic nitrogens is 2. The van der Waals surface area contributed by atoms with Crippen LogP contribution in [-0.4, -0.2) is 22.1 Å². The Hall–Kier alpha value is -0.690. The van der Waals surface area contributed by atoms with E-state index in [1.54, 1.807) is 11.3 Å². The van der Waals surface area contributed by atoms with Crippen LogP contribution in [0, 0.1) is 6.92 Å². The lowest BCUT2D eigenvalue weighted by Crippen LogP contribution is -2.16. The summed E-state index contributed by atoms with van der Waals surface area (Å²) in [6, 6.07) is 0. The molecule has 2 heterocycles. The van der Waals surface area contributed by atoms with E-state index in [2.05, 4.69) is 9.97 Å². The molecular weight excluding hydrogens is 278 g/mol. The summed E-state index contributed by atoms with van der Waals surface area (Å²) >= 11 is 8.93. The van der Waals surface area contributed by atoms with E-state index in [9.17, 15) is 0 Å². The molecular formula is C10H12ClN3OS2. The van der Waals surface area contributed by atoms with E-state index in [-0.39, 0.29) is 6.61 Å². The van der Waals surface area contributed by atoms with Crippen LogP contribution in [0.2, 0.25) is 5.15 Å². The molecule has 0 bridgehead atoms. The van der Waals surface area contributed by atoms with Gasteiger partial charge < -0.3 is 10.0 Å². The molecule has 0 aromatic carbocycles. The van der Waals surface area contributed by atoms with Gasteiger partial charge in [-0.25, -0.2) is 9.97 Å². The highest BCUT2D eigenvalue weighted by atomic mass is 35.5. The van der Waals surface area contributed by atoms with Gasteiger partial charge in [-0.1, -0.05) is 22.9 Å². The lowest BCUT2D eigenvalue weighted by Gasteiger charge is -2.13. The molecule has 0 unspecified atom stereocenters. The standard InChI is InChI=1S/C10H12ClN3OS2/c1-6-12-7(5-16-6)3-14(2)10-13-9(11)8(4-15)17-10/h5,15H,3-4H2,1-2H3. The predicted molar refractivity (Wildman–Crippen MR) is 72.0 cm³/mol. The highest BCUT2D eigenvalue weighted by Gasteiger charge is 2.13. The van der Waals surface area contributed by atoms with E-state index >= 15 is 0 Å². The summed E-state index contributed by atoms with van der Waals surface area (Å²) in [5.41, 5.74) is 1.02. The molecule has 7 heteroatoms. The zero-order valence-corrected chi connectivity index (χ0v) is 11.9. The number of hydrogen-bond acceptors (Lipinski definition) is 6. The average Bonchev–Trinajstić information content (AvgIpc) is 2.85. The summed E-state index contributed by atoms with van der Waals surface area (Å²) in [4.78, 5) is 11.3. The van der Waals surface area contributed by atoms with Crippen LogP contribution in [0.4, 0.5) is 5.13 Å². The molecule has 0 radical (unpaired) electrons. The normalized spacial score (nSPS) is 10.8. The van der Waals surface area contributed by atoms with Gasteiger partial charge in [-0.3, -0.25) is 0 Å². The molecule has 2 aromatic heterocycles. The number of aliphatic hydroxyl groups excluding tert-OH is 1. The molecule has 92 valence electrons. The van der Waals surface area contributed by atoms with Crippen molar-refractivity contribution in [2.75, 3.05) is 11.9 Å². The van der Waals surface area contributed by atoms with Crippen LogP contribution in [0.1, 0.15) is 15.6 Å². The third-order valence-corrected chi connectivity index (χ3v) is 4.58. The number of nitrogens with zero attached hydrogens (tertiary/aromatic N) is 3. The molecule has 4 nitrogen and oxygen atoms in total. The molecule has 0 saturated heterocycles. The van der Waals surface area contributed by atoms with Gasteiger partial charge in [0.2, 0.25) is 0 Å². The third kappa shape index (κ3) is 2.95. The predicted octanol–water partition coefficient (Wildman–Crippen LogP) is 2.69. The Morgan fingerprint density at radius 3 is 2.76 bits per heavy atom. The molecule has 0 aliphatic rings. The summed E-state index contributed by atoms with van der Waals surface area (Å²) in [5.74, 6) is 0. The lowest BCUT2D eigenvalue weighted by atomic mass is 10.4. The first kappa shape index (κ1) is 12.8. The molecule has 0 atom stereocenters. The first-order valence-corrected chi connectivity index (χ1v) is 7.05. The van der Waals surface area contributed by atoms with Crippen LogP contribution in [-0.2, 0) is 13.2 Å². The average molecular weight is 290 g/mol. The molecule has 0 aliphatic heterocycles. The van der Waals surface area contributed by atoms with Crippen molar-refractivity contribution in [2.24, 2.45) is 0 Å². The van der Waals surface area contributed by atoms with Gasteiger partial charge >= 0.3 is 0 Å². The largest absolute Gasteiger partial charge is 0.391 e. The van der Waals surface area contributed by atoms with Crippen LogP contribution < -0.4 is 4.90 Å². The maximum absolute atomic E-state index is 9.06. The molecule has 17 heavy (non-hydrogen) atoms. The fourth-order valence-corrected chi connectivity index (χ4v) is 3.06. The number of rotatable bonds is 4. The van der Waals surface area contributed by atoms with Crippen LogP contribution in [0.5, 0.6) is 0 Å². The lowest BCUT2D eigenvalue weighted by molar-refractivity contribution is 0.285. The van der Waals surface area contributed by atoms with Gasteiger partial charge in [-0.2, -0.15) is 0 Å². The van der Waals surface area contributed by atoms with Crippen molar-refractivity contribution in [3.8, 4) is 0 Å². The minimum Gasteiger partial charge on any atom is -0.391 e. The summed E-state index contributed by atoms with van der Waals surface area (Å²) in [5, 5.41) is 13.3. The highest BCUT2D eigenvalue weighted by Crippen LogP contribution is 2.29. The minimum absolute atomic E-state index is 0.0693. The van der Waals surface area contributed by atoms with E-state index in [0.717, 1.165) is 15.8 Å². The molecule has 0 spiro atoms. The van der Waals surface area contributed by atoms with Crippen molar-refractivity contribution in [1.82, 2.24) is 9.97 Å². The van der Waals surface area contributed by atoms with Gasteiger partial charge in [0.25, 0.3) is 0 Å². The van der Waals surface area contributed by atoms with Gasteiger partial charge in [-0.15, -0.1) is 11.3 Å². The topological polar surface area (TPSA) is 49.2 Å². The van der Waals surface area contributed by atoms with Crippen molar-refractivity contribution >= 4 is 39.4 Å². The number of anilines is 1. The van der Waals surface area contributed by atoms with Crippen molar-refractivity contribution in [3.63, 3.8) is 0 Å². The van der Waals surface area contributed by atoms with Crippen molar-refractivity contribution in [2.45, 2.75) is 20.1 Å². The number of thiazole rings is 2. The van der Waals surface area contributed by atoms with Crippen molar-refractivity contribution in [3.05, 3.63) is 26.1 Å². The molecule has 2 rings (SSSR count). The third-order valence-electron chi connectivity index (χ3n) is 2.17. The van der Waals surface area contributed by atoms with Crippen LogP contribution >= 0.6 is 34.3 Å². The zero-order chi connectivity index (χ0) is 12.4. The number of aliphatic hydroxyl groups is 1. The van der Waals surface area contributed by atoms with Crippen molar-refractivity contribution in [1.29, 1.82) is 0 Å². The quantitative estimate of drug-likeness (QED) is 0.940. The molecule has 2 aromatic rings. The Labute approximate surface area is 113 Å². The van der Waals surface area contributed by atoms with Gasteiger partial charge in [0, 0.05) is 12.4 Å². The summed E-state index contributed by atoms with van der Waals surface area (Å²) in [7, 11) is 1.94. The monoisotopic (exact) mass is 289 g/mol. The summed E-state index contributed by atoms with van der Waals surface area (Å²) in [6.45, 7) is 2.61. The second kappa shape index (κ2) is 5.30. The van der Waals surface area contributed by atoms with Crippen LogP contribution in [0.25, 0.3) is 0 Å². The van der Waals surface area contributed by atoms with Crippen LogP contribution in [0.15, 0.2) is 5.38 Å². The van der Waals surface area contributed by atoms with E-state index in [1.165, 1.54) is 11.3 Å². The Kier molecular flexibility index (Phi) is 3.98. The Morgan fingerprint density at radius 1 is 1.47 bits per heavy atom. The fourth-order valence-electron chi connectivity index (χ4n) is 1.37.